The van der Waals surface area contributed by atoms with Crippen LogP contribution in [0.1, 0.15) is 46.9 Å². The first-order chi connectivity index (χ1) is 18.4. The molecule has 5 rings (SSSR count). The molecule has 0 bridgehead atoms. The Morgan fingerprint density at radius 2 is 1.50 bits per heavy atom. The van der Waals surface area contributed by atoms with Gasteiger partial charge in [0.15, 0.2) is 5.76 Å². The summed E-state index contributed by atoms with van der Waals surface area (Å²) < 4.78 is 12.9. The summed E-state index contributed by atoms with van der Waals surface area (Å²) in [7, 11) is 0. The quantitative estimate of drug-likeness (QED) is 0.230. The van der Waals surface area contributed by atoms with Crippen LogP contribution in [0.3, 0.4) is 0 Å². The van der Waals surface area contributed by atoms with Crippen molar-refractivity contribution in [1.82, 2.24) is 9.80 Å². The van der Waals surface area contributed by atoms with Crippen molar-refractivity contribution in [3.8, 4) is 5.75 Å². The number of benzene rings is 3. The molecule has 0 radical (unpaired) electrons. The molecule has 1 aliphatic heterocycles. The third kappa shape index (κ3) is 6.03. The van der Waals surface area contributed by atoms with Crippen LogP contribution in [0.5, 0.6) is 5.75 Å². The summed E-state index contributed by atoms with van der Waals surface area (Å²) in [5.41, 5.74) is 3.66. The van der Waals surface area contributed by atoms with Gasteiger partial charge in [-0.25, -0.2) is 0 Å². The van der Waals surface area contributed by atoms with Gasteiger partial charge >= 0.3 is 0 Å². The van der Waals surface area contributed by atoms with Crippen molar-refractivity contribution in [3.05, 3.63) is 124 Å². The predicted molar refractivity (Wildman–Crippen MR) is 153 cm³/mol. The van der Waals surface area contributed by atoms with Crippen LogP contribution in [-0.4, -0.2) is 41.9 Å². The molecular weight excluding hydrogens is 540 g/mol. The Labute approximate surface area is 233 Å². The van der Waals surface area contributed by atoms with E-state index in [1.165, 1.54) is 16.7 Å². The lowest BCUT2D eigenvalue weighted by Gasteiger charge is -2.34. The van der Waals surface area contributed by atoms with Crippen LogP contribution in [0.2, 0.25) is 0 Å². The molecule has 6 heteroatoms. The van der Waals surface area contributed by atoms with Crippen molar-refractivity contribution in [2.75, 3.05) is 26.2 Å². The van der Waals surface area contributed by atoms with Crippen LogP contribution in [0.25, 0.3) is 0 Å². The molecule has 0 atom stereocenters. The van der Waals surface area contributed by atoms with Gasteiger partial charge in [-0.15, -0.1) is 0 Å². The molecule has 0 spiro atoms. The van der Waals surface area contributed by atoms with E-state index in [4.69, 9.17) is 9.15 Å². The van der Waals surface area contributed by atoms with E-state index in [1.54, 1.807) is 6.07 Å². The van der Waals surface area contributed by atoms with Crippen molar-refractivity contribution in [2.24, 2.45) is 0 Å². The number of furan rings is 1. The zero-order valence-electron chi connectivity index (χ0n) is 21.9. The lowest BCUT2D eigenvalue weighted by Crippen LogP contribution is -2.48. The minimum atomic E-state index is -0.0973. The molecule has 1 aromatic heterocycles. The highest BCUT2D eigenvalue weighted by atomic mass is 79.9. The normalized spacial score (nSPS) is 14.4. The monoisotopic (exact) mass is 572 g/mol. The summed E-state index contributed by atoms with van der Waals surface area (Å²) >= 11 is 3.62. The maximum absolute atomic E-state index is 13.0. The average Bonchev–Trinajstić information content (AvgIpc) is 3.43. The molecule has 1 amide bonds. The topological polar surface area (TPSA) is 45.9 Å². The van der Waals surface area contributed by atoms with E-state index < -0.39 is 0 Å². The second kappa shape index (κ2) is 11.6. The van der Waals surface area contributed by atoms with Crippen molar-refractivity contribution in [1.29, 1.82) is 0 Å². The van der Waals surface area contributed by atoms with Crippen LogP contribution in [0, 0.1) is 0 Å². The number of hydrogen-bond donors (Lipinski definition) is 0. The molecule has 3 aromatic carbocycles. The number of rotatable bonds is 8. The number of carbonyl (C=O) groups is 1. The fourth-order valence-corrected chi connectivity index (χ4v) is 5.26. The van der Waals surface area contributed by atoms with E-state index in [1.807, 2.05) is 35.2 Å². The van der Waals surface area contributed by atoms with Crippen molar-refractivity contribution < 1.29 is 13.9 Å². The average molecular weight is 574 g/mol. The summed E-state index contributed by atoms with van der Waals surface area (Å²) in [5.74, 6) is 1.70. The van der Waals surface area contributed by atoms with Gasteiger partial charge in [0.05, 0.1) is 0 Å². The van der Waals surface area contributed by atoms with Gasteiger partial charge in [-0.05, 0) is 47.0 Å². The highest BCUT2D eigenvalue weighted by molar-refractivity contribution is 9.10. The van der Waals surface area contributed by atoms with E-state index in [-0.39, 0.29) is 17.9 Å². The van der Waals surface area contributed by atoms with Crippen LogP contribution < -0.4 is 4.74 Å². The fourth-order valence-electron chi connectivity index (χ4n) is 4.85. The summed E-state index contributed by atoms with van der Waals surface area (Å²) in [6.07, 6.45) is 0. The van der Waals surface area contributed by atoms with E-state index in [9.17, 15) is 4.79 Å². The highest BCUT2D eigenvalue weighted by Crippen LogP contribution is 2.32. The number of nitrogens with zero attached hydrogens (tertiary/aromatic N) is 2. The SMILES string of the molecule is CC(C)(c1ccccc1)c1ccc(OCc2ccc(C(=O)N3CCN(Cc4ccccc4Br)CC3)o2)cc1. The summed E-state index contributed by atoms with van der Waals surface area (Å²) in [4.78, 5) is 17.3. The van der Waals surface area contributed by atoms with Gasteiger partial charge in [-0.2, -0.15) is 0 Å². The Morgan fingerprint density at radius 1 is 0.842 bits per heavy atom. The molecular formula is C32H33BrN2O3. The van der Waals surface area contributed by atoms with Crippen molar-refractivity contribution >= 4 is 21.8 Å². The van der Waals surface area contributed by atoms with Gasteiger partial charge in [0.25, 0.3) is 5.91 Å². The minimum Gasteiger partial charge on any atom is -0.486 e. The molecule has 0 aliphatic carbocycles. The first-order valence-corrected chi connectivity index (χ1v) is 13.8. The van der Waals surface area contributed by atoms with Gasteiger partial charge in [-0.3, -0.25) is 9.69 Å². The Kier molecular flexibility index (Phi) is 8.01. The Hall–Kier alpha value is -3.35. The number of carbonyl (C=O) groups excluding carboxylic acids is 1. The van der Waals surface area contributed by atoms with Crippen LogP contribution in [-0.2, 0) is 18.6 Å². The largest absolute Gasteiger partial charge is 0.486 e. The molecule has 196 valence electrons. The highest BCUT2D eigenvalue weighted by Gasteiger charge is 2.25. The predicted octanol–water partition coefficient (Wildman–Crippen LogP) is 6.91. The van der Waals surface area contributed by atoms with Crippen molar-refractivity contribution in [2.45, 2.75) is 32.4 Å². The minimum absolute atomic E-state index is 0.0655. The van der Waals surface area contributed by atoms with Crippen LogP contribution >= 0.6 is 15.9 Å². The van der Waals surface area contributed by atoms with Gasteiger partial charge in [0.2, 0.25) is 0 Å². The summed E-state index contributed by atoms with van der Waals surface area (Å²) in [6.45, 7) is 8.62. The molecule has 4 aromatic rings. The Bertz CT molecular complexity index is 1360. The zero-order chi connectivity index (χ0) is 26.5. The molecule has 5 nitrogen and oxygen atoms in total. The number of amides is 1. The number of piperazine rings is 1. The van der Waals surface area contributed by atoms with Gasteiger partial charge < -0.3 is 14.1 Å². The molecule has 0 N–H and O–H groups in total. The fraction of sp³-hybridized carbons (Fsp3) is 0.281. The smallest absolute Gasteiger partial charge is 0.289 e. The van der Waals surface area contributed by atoms with E-state index in [0.717, 1.165) is 29.9 Å². The molecule has 0 saturated carbocycles. The standard InChI is InChI=1S/C32H33BrN2O3/c1-32(2,25-9-4-3-5-10-25)26-12-14-27(15-13-26)37-23-28-16-17-30(38-28)31(36)35-20-18-34(19-21-35)22-24-8-6-7-11-29(24)33/h3-17H,18-23H2,1-2H3. The molecule has 2 heterocycles. The van der Waals surface area contributed by atoms with E-state index >= 15 is 0 Å². The Morgan fingerprint density at radius 3 is 2.21 bits per heavy atom. The lowest BCUT2D eigenvalue weighted by atomic mass is 9.78. The first-order valence-electron chi connectivity index (χ1n) is 13.0. The molecule has 1 fully saturated rings. The summed E-state index contributed by atoms with van der Waals surface area (Å²) in [6, 6.07) is 30.5. The van der Waals surface area contributed by atoms with Crippen LogP contribution in [0.15, 0.2) is 99.9 Å². The second-order valence-electron chi connectivity index (χ2n) is 10.2. The van der Waals surface area contributed by atoms with E-state index in [2.05, 4.69) is 89.3 Å². The number of halogens is 1. The number of ether oxygens (including phenoxy) is 1. The molecule has 1 saturated heterocycles. The van der Waals surface area contributed by atoms with Gasteiger partial charge in [-0.1, -0.05) is 90.4 Å². The van der Waals surface area contributed by atoms with Crippen molar-refractivity contribution in [3.63, 3.8) is 0 Å². The van der Waals surface area contributed by atoms with Crippen LogP contribution in [0.4, 0.5) is 0 Å². The van der Waals surface area contributed by atoms with E-state index in [0.29, 0.717) is 24.6 Å². The van der Waals surface area contributed by atoms with Gasteiger partial charge in [0, 0.05) is 42.6 Å². The Balaban J connectivity index is 1.12. The third-order valence-electron chi connectivity index (χ3n) is 7.34. The second-order valence-corrected chi connectivity index (χ2v) is 11.1. The molecule has 38 heavy (non-hydrogen) atoms. The van der Waals surface area contributed by atoms with Gasteiger partial charge in [0.1, 0.15) is 18.1 Å². The first kappa shape index (κ1) is 26.3. The maximum atomic E-state index is 13.0. The number of hydrogen-bond acceptors (Lipinski definition) is 4. The zero-order valence-corrected chi connectivity index (χ0v) is 23.5. The molecule has 1 aliphatic rings. The molecule has 0 unspecified atom stereocenters. The third-order valence-corrected chi connectivity index (χ3v) is 8.11. The lowest BCUT2D eigenvalue weighted by molar-refractivity contribution is 0.0594. The maximum Gasteiger partial charge on any atom is 0.289 e. The summed E-state index contributed by atoms with van der Waals surface area (Å²) in [5, 5.41) is 0.